The minimum Gasteiger partial charge on any atom is -0.465 e. The van der Waals surface area contributed by atoms with Gasteiger partial charge in [0.05, 0.1) is 6.04 Å². The second kappa shape index (κ2) is 6.24. The quantitative estimate of drug-likeness (QED) is 0.887. The van der Waals surface area contributed by atoms with Gasteiger partial charge in [0.15, 0.2) is 0 Å². The zero-order valence-corrected chi connectivity index (χ0v) is 12.1. The molecule has 2 N–H and O–H groups in total. The number of halogens is 2. The lowest BCUT2D eigenvalue weighted by Crippen LogP contribution is -2.24. The zero-order chi connectivity index (χ0) is 16.4. The summed E-state index contributed by atoms with van der Waals surface area (Å²) in [7, 11) is 0. The Bertz CT molecular complexity index is 716. The highest BCUT2D eigenvalue weighted by atomic mass is 19.3. The number of rotatable bonds is 4. The lowest BCUT2D eigenvalue weighted by molar-refractivity contribution is -0.0498. The fourth-order valence-electron chi connectivity index (χ4n) is 2.91. The Hall–Kier alpha value is -2.63. The highest BCUT2D eigenvalue weighted by Crippen LogP contribution is 2.34. The van der Waals surface area contributed by atoms with Crippen molar-refractivity contribution in [2.45, 2.75) is 25.5 Å². The standard InChI is InChI=1S/C17H15F2NO3/c18-16(19)23-13-6-3-10(4-7-13)12-2-1-11-5-8-15(14(11)9-12)20-17(21)22/h1-4,6-7,9,15-16,20H,5,8H2,(H,21,22). The van der Waals surface area contributed by atoms with Crippen LogP contribution in [0, 0.1) is 0 Å². The molecule has 0 saturated heterocycles. The van der Waals surface area contributed by atoms with Crippen molar-refractivity contribution >= 4 is 6.09 Å². The molecule has 3 rings (SSSR count). The number of hydrogen-bond acceptors (Lipinski definition) is 2. The van der Waals surface area contributed by atoms with Crippen molar-refractivity contribution in [2.75, 3.05) is 0 Å². The van der Waals surface area contributed by atoms with Crippen molar-refractivity contribution < 1.29 is 23.4 Å². The monoisotopic (exact) mass is 319 g/mol. The maximum atomic E-state index is 12.2. The first kappa shape index (κ1) is 15.3. The van der Waals surface area contributed by atoms with Crippen molar-refractivity contribution in [3.8, 4) is 16.9 Å². The number of carbonyl (C=O) groups is 1. The Morgan fingerprint density at radius 2 is 1.87 bits per heavy atom. The number of alkyl halides is 2. The molecule has 0 aliphatic heterocycles. The summed E-state index contributed by atoms with van der Waals surface area (Å²) in [5, 5.41) is 11.4. The number of hydrogen-bond donors (Lipinski definition) is 2. The summed E-state index contributed by atoms with van der Waals surface area (Å²) in [4.78, 5) is 10.9. The Balaban J connectivity index is 1.85. The van der Waals surface area contributed by atoms with Crippen LogP contribution in [0.1, 0.15) is 23.6 Å². The van der Waals surface area contributed by atoms with E-state index in [-0.39, 0.29) is 11.8 Å². The van der Waals surface area contributed by atoms with E-state index in [4.69, 9.17) is 5.11 Å². The molecular formula is C17H15F2NO3. The maximum absolute atomic E-state index is 12.2. The minimum absolute atomic E-state index is 0.107. The van der Waals surface area contributed by atoms with Crippen molar-refractivity contribution in [3.05, 3.63) is 53.6 Å². The lowest BCUT2D eigenvalue weighted by atomic mass is 9.99. The van der Waals surface area contributed by atoms with Crippen molar-refractivity contribution in [2.24, 2.45) is 0 Å². The smallest absolute Gasteiger partial charge is 0.405 e. The Morgan fingerprint density at radius 3 is 2.52 bits per heavy atom. The number of ether oxygens (including phenoxy) is 1. The van der Waals surface area contributed by atoms with E-state index in [0.717, 1.165) is 35.1 Å². The van der Waals surface area contributed by atoms with Gasteiger partial charge in [-0.3, -0.25) is 0 Å². The molecule has 0 fully saturated rings. The second-order valence-corrected chi connectivity index (χ2v) is 5.36. The van der Waals surface area contributed by atoms with Crippen LogP contribution in [0.25, 0.3) is 11.1 Å². The minimum atomic E-state index is -2.84. The van der Waals surface area contributed by atoms with Crippen molar-refractivity contribution in [3.63, 3.8) is 0 Å². The number of aryl methyl sites for hydroxylation is 1. The summed E-state index contributed by atoms with van der Waals surface area (Å²) < 4.78 is 28.7. The van der Waals surface area contributed by atoms with Crippen LogP contribution in [0.4, 0.5) is 13.6 Å². The van der Waals surface area contributed by atoms with E-state index in [1.165, 1.54) is 12.1 Å². The highest BCUT2D eigenvalue weighted by Gasteiger charge is 2.24. The molecule has 0 heterocycles. The third-order valence-corrected chi connectivity index (χ3v) is 3.93. The van der Waals surface area contributed by atoms with E-state index in [9.17, 15) is 13.6 Å². The van der Waals surface area contributed by atoms with Gasteiger partial charge >= 0.3 is 12.7 Å². The predicted octanol–water partition coefficient (Wildman–Crippen LogP) is 4.21. The molecule has 120 valence electrons. The van der Waals surface area contributed by atoms with Gasteiger partial charge in [0.25, 0.3) is 0 Å². The van der Waals surface area contributed by atoms with Crippen LogP contribution in [0.2, 0.25) is 0 Å². The van der Waals surface area contributed by atoms with Gasteiger partial charge in [-0.1, -0.05) is 24.3 Å². The summed E-state index contributed by atoms with van der Waals surface area (Å²) in [5.41, 5.74) is 3.87. The molecule has 0 bridgehead atoms. The van der Waals surface area contributed by atoms with Gasteiger partial charge in [0.1, 0.15) is 5.75 Å². The van der Waals surface area contributed by atoms with Gasteiger partial charge in [0, 0.05) is 0 Å². The SMILES string of the molecule is O=C(O)NC1CCc2ccc(-c3ccc(OC(F)F)cc3)cc21. The largest absolute Gasteiger partial charge is 0.465 e. The molecule has 1 aliphatic rings. The first-order chi connectivity index (χ1) is 11.0. The topological polar surface area (TPSA) is 58.6 Å². The van der Waals surface area contributed by atoms with Crippen molar-refractivity contribution in [1.29, 1.82) is 0 Å². The molecule has 1 amide bonds. The van der Waals surface area contributed by atoms with Crippen LogP contribution in [0.3, 0.4) is 0 Å². The molecule has 1 unspecified atom stereocenters. The van der Waals surface area contributed by atoms with Crippen molar-refractivity contribution in [1.82, 2.24) is 5.32 Å². The van der Waals surface area contributed by atoms with Crippen LogP contribution in [0.15, 0.2) is 42.5 Å². The molecule has 2 aromatic rings. The number of nitrogens with one attached hydrogen (secondary N) is 1. The average molecular weight is 319 g/mol. The molecule has 1 atom stereocenters. The molecule has 0 aromatic heterocycles. The van der Waals surface area contributed by atoms with Gasteiger partial charge in [-0.2, -0.15) is 8.78 Å². The van der Waals surface area contributed by atoms with Crippen LogP contribution < -0.4 is 10.1 Å². The summed E-state index contributed by atoms with van der Waals surface area (Å²) >= 11 is 0. The van der Waals surface area contributed by atoms with Gasteiger partial charge in [0.2, 0.25) is 0 Å². The summed E-state index contributed by atoms with van der Waals surface area (Å²) in [6, 6.07) is 12.1. The van der Waals surface area contributed by atoms with Gasteiger partial charge in [-0.15, -0.1) is 0 Å². The number of benzene rings is 2. The molecule has 2 aromatic carbocycles. The Labute approximate surface area is 131 Å². The molecule has 6 heteroatoms. The number of carboxylic acid groups (broad SMARTS) is 1. The molecule has 1 aliphatic carbocycles. The molecule has 0 saturated carbocycles. The van der Waals surface area contributed by atoms with E-state index in [0.29, 0.717) is 0 Å². The van der Waals surface area contributed by atoms with Crippen LogP contribution in [-0.2, 0) is 6.42 Å². The second-order valence-electron chi connectivity index (χ2n) is 5.36. The zero-order valence-electron chi connectivity index (χ0n) is 12.1. The molecule has 23 heavy (non-hydrogen) atoms. The van der Waals surface area contributed by atoms with E-state index in [1.807, 2.05) is 18.2 Å². The first-order valence-electron chi connectivity index (χ1n) is 7.20. The summed E-state index contributed by atoms with van der Waals surface area (Å²) in [6.07, 6.45) is 0.537. The summed E-state index contributed by atoms with van der Waals surface area (Å²) in [5.74, 6) is 0.107. The number of amides is 1. The molecule has 0 spiro atoms. The third kappa shape index (κ3) is 3.41. The lowest BCUT2D eigenvalue weighted by Gasteiger charge is -2.13. The van der Waals surface area contributed by atoms with Crippen LogP contribution in [0.5, 0.6) is 5.75 Å². The molecular weight excluding hydrogens is 304 g/mol. The predicted molar refractivity (Wildman–Crippen MR) is 80.7 cm³/mol. The van der Waals surface area contributed by atoms with E-state index >= 15 is 0 Å². The first-order valence-corrected chi connectivity index (χ1v) is 7.20. The summed E-state index contributed by atoms with van der Waals surface area (Å²) in [6.45, 7) is -2.84. The van der Waals surface area contributed by atoms with E-state index in [2.05, 4.69) is 10.1 Å². The van der Waals surface area contributed by atoms with E-state index < -0.39 is 12.7 Å². The van der Waals surface area contributed by atoms with Gasteiger partial charge in [-0.05, 0) is 53.3 Å². The Kier molecular flexibility index (Phi) is 4.14. The van der Waals surface area contributed by atoms with E-state index in [1.54, 1.807) is 12.1 Å². The average Bonchev–Trinajstić information content (AvgIpc) is 2.89. The van der Waals surface area contributed by atoms with Crippen LogP contribution >= 0.6 is 0 Å². The molecule has 0 radical (unpaired) electrons. The third-order valence-electron chi connectivity index (χ3n) is 3.93. The Morgan fingerprint density at radius 1 is 1.17 bits per heavy atom. The highest BCUT2D eigenvalue weighted by molar-refractivity contribution is 5.68. The maximum Gasteiger partial charge on any atom is 0.405 e. The molecule has 4 nitrogen and oxygen atoms in total. The van der Waals surface area contributed by atoms with Crippen LogP contribution in [-0.4, -0.2) is 17.8 Å². The number of fused-ring (bicyclic) bond motifs is 1. The van der Waals surface area contributed by atoms with Gasteiger partial charge < -0.3 is 15.2 Å². The normalized spacial score (nSPS) is 16.2. The fraction of sp³-hybridized carbons (Fsp3) is 0.235. The van der Waals surface area contributed by atoms with Gasteiger partial charge in [-0.25, -0.2) is 4.79 Å². The fourth-order valence-corrected chi connectivity index (χ4v) is 2.91.